The Hall–Kier alpha value is -4.13. The Labute approximate surface area is 230 Å². The summed E-state index contributed by atoms with van der Waals surface area (Å²) in [5.41, 5.74) is 9.59. The number of nitrogen functional groups attached to an aromatic ring is 1. The van der Waals surface area contributed by atoms with E-state index in [1.165, 1.54) is 12.7 Å². The van der Waals surface area contributed by atoms with Gasteiger partial charge in [0.25, 0.3) is 0 Å². The molecule has 0 bridgehead atoms. The summed E-state index contributed by atoms with van der Waals surface area (Å²) in [5.74, 6) is 0.630. The van der Waals surface area contributed by atoms with Crippen LogP contribution in [0.15, 0.2) is 78.9 Å². The molecule has 1 aliphatic heterocycles. The maximum absolute atomic E-state index is 13.3. The van der Waals surface area contributed by atoms with Crippen molar-refractivity contribution in [3.05, 3.63) is 90.0 Å². The number of nitrogens with two attached hydrogens (primary N) is 1. The highest BCUT2D eigenvalue weighted by Crippen LogP contribution is 2.30. The molecule has 1 fully saturated rings. The number of esters is 1. The van der Waals surface area contributed by atoms with Crippen molar-refractivity contribution in [3.63, 3.8) is 0 Å². The first-order valence-electron chi connectivity index (χ1n) is 13.5. The predicted octanol–water partition coefficient (Wildman–Crippen LogP) is 5.21. The molecule has 3 aromatic rings. The number of methoxy groups -OCH3 is 1. The molecule has 39 heavy (non-hydrogen) atoms. The van der Waals surface area contributed by atoms with Crippen molar-refractivity contribution in [2.75, 3.05) is 20.3 Å². The van der Waals surface area contributed by atoms with Crippen molar-refractivity contribution in [2.45, 2.75) is 44.6 Å². The Morgan fingerprint density at radius 3 is 2.28 bits per heavy atom. The lowest BCUT2D eigenvalue weighted by atomic mass is 9.98. The third-order valence-corrected chi connectivity index (χ3v) is 7.32. The zero-order valence-electron chi connectivity index (χ0n) is 22.5. The summed E-state index contributed by atoms with van der Waals surface area (Å²) in [4.78, 5) is 26.8. The largest absolute Gasteiger partial charge is 0.491 e. The first-order chi connectivity index (χ1) is 18.9. The Morgan fingerprint density at radius 1 is 0.974 bits per heavy atom. The van der Waals surface area contributed by atoms with Crippen molar-refractivity contribution in [1.29, 1.82) is 5.41 Å². The van der Waals surface area contributed by atoms with E-state index in [9.17, 15) is 9.59 Å². The van der Waals surface area contributed by atoms with Gasteiger partial charge in [0.2, 0.25) is 5.91 Å². The number of amidine groups is 1. The van der Waals surface area contributed by atoms with Gasteiger partial charge in [-0.2, -0.15) is 0 Å². The fourth-order valence-electron chi connectivity index (χ4n) is 5.13. The average molecular weight is 528 g/mol. The minimum absolute atomic E-state index is 0.00444. The summed E-state index contributed by atoms with van der Waals surface area (Å²) in [6.45, 7) is 1.11. The number of carbonyl (C=O) groups is 2. The molecule has 0 unspecified atom stereocenters. The SMILES string of the molecule is COC(=O)CCC[C@H]1C[C@@H](COc2ccc(-c3ccc(C(=N)N)cc3)cc2)N(CCCc2ccccc2)C1=O. The van der Waals surface area contributed by atoms with Crippen LogP contribution in [-0.4, -0.2) is 48.9 Å². The Kier molecular flexibility index (Phi) is 9.73. The normalized spacial score (nSPS) is 16.7. The van der Waals surface area contributed by atoms with E-state index in [-0.39, 0.29) is 29.7 Å². The second kappa shape index (κ2) is 13.6. The van der Waals surface area contributed by atoms with E-state index in [1.54, 1.807) is 0 Å². The fourth-order valence-corrected chi connectivity index (χ4v) is 5.13. The van der Waals surface area contributed by atoms with Crippen LogP contribution in [0.2, 0.25) is 0 Å². The topological polar surface area (TPSA) is 106 Å². The van der Waals surface area contributed by atoms with Gasteiger partial charge in [0.1, 0.15) is 18.2 Å². The molecule has 7 heteroatoms. The van der Waals surface area contributed by atoms with Gasteiger partial charge in [0.05, 0.1) is 13.2 Å². The van der Waals surface area contributed by atoms with E-state index in [4.69, 9.17) is 20.6 Å². The molecule has 0 saturated carbocycles. The third-order valence-electron chi connectivity index (χ3n) is 7.32. The summed E-state index contributed by atoms with van der Waals surface area (Å²) in [5, 5.41) is 7.55. The molecule has 1 heterocycles. The summed E-state index contributed by atoms with van der Waals surface area (Å²) in [6, 6.07) is 25.8. The molecule has 0 aromatic heterocycles. The van der Waals surface area contributed by atoms with Crippen molar-refractivity contribution in [2.24, 2.45) is 11.7 Å². The molecule has 0 aliphatic carbocycles. The lowest BCUT2D eigenvalue weighted by molar-refractivity contribution is -0.141. The van der Waals surface area contributed by atoms with E-state index in [0.717, 1.165) is 36.1 Å². The van der Waals surface area contributed by atoms with Crippen LogP contribution in [0, 0.1) is 11.3 Å². The quantitative estimate of drug-likeness (QED) is 0.180. The molecule has 1 saturated heterocycles. The number of likely N-dealkylation sites (tertiary alicyclic amines) is 1. The standard InChI is InChI=1S/C32H37N3O4/c1-38-30(36)11-5-10-27-21-28(35(32(27)37)20-6-9-23-7-3-2-4-8-23)22-39-29-18-16-25(17-19-29)24-12-14-26(15-13-24)31(33)34/h2-4,7-8,12-19,27-28H,5-6,9-11,20-22H2,1H3,(H3,33,34)/t27-,28-/m0/s1. The molecule has 0 radical (unpaired) electrons. The van der Waals surface area contributed by atoms with Crippen LogP contribution < -0.4 is 10.5 Å². The second-order valence-corrected chi connectivity index (χ2v) is 10.0. The number of carbonyl (C=O) groups excluding carboxylic acids is 2. The lowest BCUT2D eigenvalue weighted by Gasteiger charge is -2.25. The molecule has 1 amide bonds. The highest BCUT2D eigenvalue weighted by atomic mass is 16.5. The number of ether oxygens (including phenoxy) is 2. The molecule has 3 aromatic carbocycles. The maximum atomic E-state index is 13.3. The minimum atomic E-state index is -0.238. The molecule has 0 spiro atoms. The number of rotatable bonds is 13. The van der Waals surface area contributed by atoms with Crippen LogP contribution in [-0.2, 0) is 20.7 Å². The van der Waals surface area contributed by atoms with Crippen LogP contribution >= 0.6 is 0 Å². The zero-order chi connectivity index (χ0) is 27.6. The first-order valence-corrected chi connectivity index (χ1v) is 13.5. The van der Waals surface area contributed by atoms with Crippen molar-refractivity contribution in [3.8, 4) is 16.9 Å². The van der Waals surface area contributed by atoms with Crippen LogP contribution in [0.25, 0.3) is 11.1 Å². The van der Waals surface area contributed by atoms with Crippen molar-refractivity contribution >= 4 is 17.7 Å². The van der Waals surface area contributed by atoms with Crippen molar-refractivity contribution < 1.29 is 19.1 Å². The number of hydrogen-bond donors (Lipinski definition) is 2. The van der Waals surface area contributed by atoms with Gasteiger partial charge in [-0.05, 0) is 60.9 Å². The maximum Gasteiger partial charge on any atom is 0.305 e. The van der Waals surface area contributed by atoms with Gasteiger partial charge in [0.15, 0.2) is 0 Å². The highest BCUT2D eigenvalue weighted by Gasteiger charge is 2.39. The number of hydrogen-bond acceptors (Lipinski definition) is 5. The summed E-state index contributed by atoms with van der Waals surface area (Å²) >= 11 is 0. The second-order valence-electron chi connectivity index (χ2n) is 10.0. The number of benzene rings is 3. The minimum Gasteiger partial charge on any atom is -0.491 e. The fraction of sp³-hybridized carbons (Fsp3) is 0.344. The predicted molar refractivity (Wildman–Crippen MR) is 153 cm³/mol. The van der Waals surface area contributed by atoms with Gasteiger partial charge >= 0.3 is 5.97 Å². The smallest absolute Gasteiger partial charge is 0.305 e. The van der Waals surface area contributed by atoms with E-state index in [0.29, 0.717) is 38.0 Å². The summed E-state index contributed by atoms with van der Waals surface area (Å²) in [6.07, 6.45) is 4.18. The molecule has 1 aliphatic rings. The Morgan fingerprint density at radius 2 is 1.64 bits per heavy atom. The van der Waals surface area contributed by atoms with E-state index >= 15 is 0 Å². The first kappa shape index (κ1) is 27.9. The lowest BCUT2D eigenvalue weighted by Crippen LogP contribution is -2.38. The van der Waals surface area contributed by atoms with Gasteiger partial charge in [0, 0.05) is 24.4 Å². The van der Waals surface area contributed by atoms with Crippen LogP contribution in [0.4, 0.5) is 0 Å². The van der Waals surface area contributed by atoms with E-state index in [2.05, 4.69) is 12.1 Å². The van der Waals surface area contributed by atoms with Gasteiger partial charge in [-0.15, -0.1) is 0 Å². The van der Waals surface area contributed by atoms with Gasteiger partial charge in [-0.3, -0.25) is 15.0 Å². The number of nitrogens with one attached hydrogen (secondary N) is 1. The number of nitrogens with zero attached hydrogens (tertiary/aromatic N) is 1. The van der Waals surface area contributed by atoms with E-state index < -0.39 is 0 Å². The van der Waals surface area contributed by atoms with Crippen molar-refractivity contribution in [1.82, 2.24) is 4.90 Å². The monoisotopic (exact) mass is 527 g/mol. The van der Waals surface area contributed by atoms with Crippen LogP contribution in [0.1, 0.15) is 43.2 Å². The summed E-state index contributed by atoms with van der Waals surface area (Å²) in [7, 11) is 1.39. The average Bonchev–Trinajstić information content (AvgIpc) is 3.26. The molecule has 2 atom stereocenters. The van der Waals surface area contributed by atoms with E-state index in [1.807, 2.05) is 71.6 Å². The molecule has 3 N–H and O–H groups in total. The number of aryl methyl sites for hydroxylation is 1. The molecule has 4 rings (SSSR count). The Balaban J connectivity index is 1.36. The molecular weight excluding hydrogens is 490 g/mol. The van der Waals surface area contributed by atoms with Gasteiger partial charge < -0.3 is 20.1 Å². The Bertz CT molecular complexity index is 1240. The third kappa shape index (κ3) is 7.69. The molecule has 204 valence electrons. The number of amides is 1. The van der Waals surface area contributed by atoms with Gasteiger partial charge in [-0.25, -0.2) is 0 Å². The summed E-state index contributed by atoms with van der Waals surface area (Å²) < 4.78 is 10.9. The molecular formula is C32H37N3O4. The van der Waals surface area contributed by atoms with Crippen LogP contribution in [0.5, 0.6) is 5.75 Å². The van der Waals surface area contributed by atoms with Crippen LogP contribution in [0.3, 0.4) is 0 Å². The zero-order valence-corrected chi connectivity index (χ0v) is 22.5. The van der Waals surface area contributed by atoms with Gasteiger partial charge in [-0.1, -0.05) is 66.7 Å². The molecule has 7 nitrogen and oxygen atoms in total. The highest BCUT2D eigenvalue weighted by molar-refractivity contribution is 5.95.